The molecule has 1 aliphatic heterocycles. The number of nitrogens with two attached hydrogens (primary N) is 1. The zero-order valence-electron chi connectivity index (χ0n) is 11.9. The van der Waals surface area contributed by atoms with Gasteiger partial charge >= 0.3 is 0 Å². The minimum atomic E-state index is -0.419. The first-order valence-electron chi connectivity index (χ1n) is 6.78. The van der Waals surface area contributed by atoms with Crippen LogP contribution in [-0.2, 0) is 14.3 Å². The summed E-state index contributed by atoms with van der Waals surface area (Å²) in [5.41, 5.74) is 5.35. The van der Waals surface area contributed by atoms with Gasteiger partial charge in [0.2, 0.25) is 5.91 Å². The SMILES string of the molecule is CC(C)OCCCNC(=O)C1(CN)CCOCC1.Cl. The van der Waals surface area contributed by atoms with Gasteiger partial charge < -0.3 is 20.5 Å². The van der Waals surface area contributed by atoms with Gasteiger partial charge in [-0.3, -0.25) is 4.79 Å². The summed E-state index contributed by atoms with van der Waals surface area (Å²) < 4.78 is 10.7. The van der Waals surface area contributed by atoms with Crippen molar-refractivity contribution in [3.05, 3.63) is 0 Å². The standard InChI is InChI=1S/C13H26N2O3.ClH/c1-11(2)18-7-3-6-15-12(16)13(10-14)4-8-17-9-5-13;/h11H,3-10,14H2,1-2H3,(H,15,16);1H. The molecule has 114 valence electrons. The average molecular weight is 295 g/mol. The van der Waals surface area contributed by atoms with Crippen LogP contribution in [0.2, 0.25) is 0 Å². The molecule has 1 heterocycles. The molecule has 0 aliphatic carbocycles. The summed E-state index contributed by atoms with van der Waals surface area (Å²) in [6.07, 6.45) is 2.52. The minimum absolute atomic E-state index is 0. The molecule has 0 bridgehead atoms. The molecular formula is C13H27ClN2O3. The van der Waals surface area contributed by atoms with Crippen LogP contribution in [0, 0.1) is 5.41 Å². The molecule has 1 fully saturated rings. The largest absolute Gasteiger partial charge is 0.381 e. The van der Waals surface area contributed by atoms with Crippen LogP contribution >= 0.6 is 12.4 Å². The Bertz CT molecular complexity index is 256. The van der Waals surface area contributed by atoms with Crippen molar-refractivity contribution < 1.29 is 14.3 Å². The summed E-state index contributed by atoms with van der Waals surface area (Å²) in [7, 11) is 0. The molecule has 0 radical (unpaired) electrons. The van der Waals surface area contributed by atoms with Gasteiger partial charge in [-0.05, 0) is 33.1 Å². The van der Waals surface area contributed by atoms with Crippen molar-refractivity contribution in [3.8, 4) is 0 Å². The van der Waals surface area contributed by atoms with E-state index in [4.69, 9.17) is 15.2 Å². The average Bonchev–Trinajstić information content (AvgIpc) is 2.38. The number of nitrogens with one attached hydrogen (secondary N) is 1. The van der Waals surface area contributed by atoms with Crippen LogP contribution in [0.4, 0.5) is 0 Å². The van der Waals surface area contributed by atoms with E-state index in [9.17, 15) is 4.79 Å². The summed E-state index contributed by atoms with van der Waals surface area (Å²) in [4.78, 5) is 12.2. The highest BCUT2D eigenvalue weighted by Crippen LogP contribution is 2.29. The lowest BCUT2D eigenvalue weighted by Crippen LogP contribution is -2.49. The molecule has 1 rings (SSSR count). The quantitative estimate of drug-likeness (QED) is 0.690. The zero-order chi connectivity index (χ0) is 13.4. The van der Waals surface area contributed by atoms with Crippen LogP contribution in [0.1, 0.15) is 33.1 Å². The third-order valence-corrected chi connectivity index (χ3v) is 3.38. The highest BCUT2D eigenvalue weighted by molar-refractivity contribution is 5.85. The van der Waals surface area contributed by atoms with Gasteiger partial charge in [0, 0.05) is 32.9 Å². The molecule has 0 saturated carbocycles. The van der Waals surface area contributed by atoms with Crippen LogP contribution in [0.15, 0.2) is 0 Å². The molecule has 0 aromatic heterocycles. The zero-order valence-corrected chi connectivity index (χ0v) is 12.8. The number of hydrogen-bond donors (Lipinski definition) is 2. The van der Waals surface area contributed by atoms with Crippen molar-refractivity contribution in [2.75, 3.05) is 32.9 Å². The molecule has 0 aromatic carbocycles. The maximum absolute atomic E-state index is 12.2. The fourth-order valence-electron chi connectivity index (χ4n) is 2.07. The Labute approximate surface area is 122 Å². The second-order valence-corrected chi connectivity index (χ2v) is 5.13. The number of hydrogen-bond acceptors (Lipinski definition) is 4. The van der Waals surface area contributed by atoms with E-state index in [0.29, 0.717) is 32.9 Å². The molecule has 1 amide bonds. The summed E-state index contributed by atoms with van der Waals surface area (Å²) in [5, 5.41) is 2.96. The lowest BCUT2D eigenvalue weighted by molar-refractivity contribution is -0.135. The van der Waals surface area contributed by atoms with Crippen molar-refractivity contribution in [2.45, 2.75) is 39.2 Å². The van der Waals surface area contributed by atoms with Gasteiger partial charge in [0.25, 0.3) is 0 Å². The van der Waals surface area contributed by atoms with Crippen LogP contribution in [0.5, 0.6) is 0 Å². The molecule has 0 spiro atoms. The van der Waals surface area contributed by atoms with Crippen molar-refractivity contribution in [1.82, 2.24) is 5.32 Å². The lowest BCUT2D eigenvalue weighted by atomic mass is 9.79. The monoisotopic (exact) mass is 294 g/mol. The second kappa shape index (κ2) is 9.53. The molecule has 5 nitrogen and oxygen atoms in total. The molecule has 3 N–H and O–H groups in total. The molecule has 1 aliphatic rings. The predicted molar refractivity (Wildman–Crippen MR) is 77.5 cm³/mol. The van der Waals surface area contributed by atoms with E-state index in [0.717, 1.165) is 19.3 Å². The first-order chi connectivity index (χ1) is 8.60. The van der Waals surface area contributed by atoms with Crippen LogP contribution in [-0.4, -0.2) is 44.9 Å². The molecule has 0 atom stereocenters. The Morgan fingerprint density at radius 3 is 2.58 bits per heavy atom. The predicted octanol–water partition coefficient (Wildman–Crippen LogP) is 1.09. The van der Waals surface area contributed by atoms with E-state index in [1.165, 1.54) is 0 Å². The van der Waals surface area contributed by atoms with Crippen LogP contribution in [0.25, 0.3) is 0 Å². The smallest absolute Gasteiger partial charge is 0.227 e. The summed E-state index contributed by atoms with van der Waals surface area (Å²) in [6, 6.07) is 0. The van der Waals surface area contributed by atoms with Crippen molar-refractivity contribution >= 4 is 18.3 Å². The first kappa shape index (κ1) is 18.6. The Hall–Kier alpha value is -0.360. The topological polar surface area (TPSA) is 73.6 Å². The van der Waals surface area contributed by atoms with Gasteiger partial charge in [0.05, 0.1) is 11.5 Å². The van der Waals surface area contributed by atoms with E-state index < -0.39 is 5.41 Å². The highest BCUT2D eigenvalue weighted by Gasteiger charge is 2.38. The fraction of sp³-hybridized carbons (Fsp3) is 0.923. The third kappa shape index (κ3) is 6.08. The highest BCUT2D eigenvalue weighted by atomic mass is 35.5. The van der Waals surface area contributed by atoms with E-state index >= 15 is 0 Å². The molecule has 19 heavy (non-hydrogen) atoms. The van der Waals surface area contributed by atoms with Crippen LogP contribution < -0.4 is 11.1 Å². The van der Waals surface area contributed by atoms with Gasteiger partial charge in [0.1, 0.15) is 0 Å². The minimum Gasteiger partial charge on any atom is -0.381 e. The van der Waals surface area contributed by atoms with Crippen molar-refractivity contribution in [1.29, 1.82) is 0 Å². The number of carbonyl (C=O) groups is 1. The molecule has 1 saturated heterocycles. The summed E-state index contributed by atoms with van der Waals surface area (Å²) in [5.74, 6) is 0.0675. The Kier molecular flexibility index (Phi) is 9.35. The number of carbonyl (C=O) groups excluding carboxylic acids is 1. The van der Waals surface area contributed by atoms with Gasteiger partial charge in [-0.1, -0.05) is 0 Å². The maximum atomic E-state index is 12.2. The second-order valence-electron chi connectivity index (χ2n) is 5.13. The summed E-state index contributed by atoms with van der Waals surface area (Å²) >= 11 is 0. The number of rotatable bonds is 7. The Morgan fingerprint density at radius 1 is 1.42 bits per heavy atom. The maximum Gasteiger partial charge on any atom is 0.227 e. The summed E-state index contributed by atoms with van der Waals surface area (Å²) in [6.45, 7) is 6.98. The molecule has 6 heteroatoms. The number of halogens is 1. The van der Waals surface area contributed by atoms with Gasteiger partial charge in [-0.25, -0.2) is 0 Å². The number of ether oxygens (including phenoxy) is 2. The van der Waals surface area contributed by atoms with Crippen molar-refractivity contribution in [3.63, 3.8) is 0 Å². The molecule has 0 aromatic rings. The Morgan fingerprint density at radius 2 is 2.05 bits per heavy atom. The van der Waals surface area contributed by atoms with Gasteiger partial charge in [-0.2, -0.15) is 0 Å². The fourth-order valence-corrected chi connectivity index (χ4v) is 2.07. The molecular weight excluding hydrogens is 268 g/mol. The Balaban J connectivity index is 0.00000324. The van der Waals surface area contributed by atoms with Gasteiger partial charge in [-0.15, -0.1) is 12.4 Å². The molecule has 0 unspecified atom stereocenters. The van der Waals surface area contributed by atoms with E-state index in [2.05, 4.69) is 5.32 Å². The number of amides is 1. The van der Waals surface area contributed by atoms with Crippen molar-refractivity contribution in [2.24, 2.45) is 11.1 Å². The lowest BCUT2D eigenvalue weighted by Gasteiger charge is -2.34. The van der Waals surface area contributed by atoms with Crippen LogP contribution in [0.3, 0.4) is 0 Å². The van der Waals surface area contributed by atoms with E-state index in [1.54, 1.807) is 0 Å². The van der Waals surface area contributed by atoms with Gasteiger partial charge in [0.15, 0.2) is 0 Å². The van der Waals surface area contributed by atoms with E-state index in [-0.39, 0.29) is 24.4 Å². The first-order valence-corrected chi connectivity index (χ1v) is 6.78. The normalized spacial score (nSPS) is 17.9. The van der Waals surface area contributed by atoms with E-state index in [1.807, 2.05) is 13.8 Å². The third-order valence-electron chi connectivity index (χ3n) is 3.38.